The van der Waals surface area contributed by atoms with Crippen LogP contribution in [0.2, 0.25) is 0 Å². The van der Waals surface area contributed by atoms with Gasteiger partial charge in [0.25, 0.3) is 0 Å². The fraction of sp³-hybridized carbons (Fsp3) is 0.571. The van der Waals surface area contributed by atoms with Crippen molar-refractivity contribution in [1.82, 2.24) is 4.72 Å². The van der Waals surface area contributed by atoms with Crippen LogP contribution in [0.1, 0.15) is 38.2 Å². The predicted molar refractivity (Wildman–Crippen MR) is 81.8 cm³/mol. The van der Waals surface area contributed by atoms with Crippen molar-refractivity contribution in [3.05, 3.63) is 29.8 Å². The summed E-state index contributed by atoms with van der Waals surface area (Å²) < 4.78 is 9.37. The van der Waals surface area contributed by atoms with Gasteiger partial charge in [-0.25, -0.2) is 0 Å². The molecule has 0 bridgehead atoms. The second-order valence-corrected chi connectivity index (χ2v) is 7.85. The highest BCUT2D eigenvalue weighted by molar-refractivity contribution is 8.27. The molecule has 1 aliphatic rings. The molecule has 2 nitrogen and oxygen atoms in total. The SMILES string of the molecule is CC(C)c1cccc(O[C@H]2C[C@H](NS(C)=S)C2)c1. The van der Waals surface area contributed by atoms with E-state index in [1.807, 2.05) is 12.3 Å². The van der Waals surface area contributed by atoms with Gasteiger partial charge >= 0.3 is 0 Å². The summed E-state index contributed by atoms with van der Waals surface area (Å²) in [7, 11) is -0.0878. The first-order valence-electron chi connectivity index (χ1n) is 6.41. The lowest BCUT2D eigenvalue weighted by atomic mass is 9.90. The minimum Gasteiger partial charge on any atom is -0.490 e. The molecule has 0 heterocycles. The van der Waals surface area contributed by atoms with Gasteiger partial charge in [-0.2, -0.15) is 0 Å². The first-order valence-corrected chi connectivity index (χ1v) is 8.96. The molecule has 0 aliphatic heterocycles. The molecule has 1 aliphatic carbocycles. The summed E-state index contributed by atoms with van der Waals surface area (Å²) in [4.78, 5) is 0. The Morgan fingerprint density at radius 2 is 2.11 bits per heavy atom. The molecule has 1 saturated carbocycles. The molecule has 0 aromatic heterocycles. The molecule has 1 aromatic rings. The van der Waals surface area contributed by atoms with Crippen LogP contribution in [0.15, 0.2) is 24.3 Å². The third-order valence-corrected chi connectivity index (χ3v) is 4.21. The fourth-order valence-electron chi connectivity index (χ4n) is 2.13. The van der Waals surface area contributed by atoms with Gasteiger partial charge in [0.05, 0.1) is 0 Å². The summed E-state index contributed by atoms with van der Waals surface area (Å²) >= 11 is 5.15. The lowest BCUT2D eigenvalue weighted by Crippen LogP contribution is -2.46. The number of hydrogen-bond acceptors (Lipinski definition) is 2. The zero-order valence-electron chi connectivity index (χ0n) is 11.2. The largest absolute Gasteiger partial charge is 0.490 e. The third kappa shape index (κ3) is 3.77. The Hall–Kier alpha value is -0.450. The van der Waals surface area contributed by atoms with Gasteiger partial charge < -0.3 is 4.74 Å². The van der Waals surface area contributed by atoms with Crippen molar-refractivity contribution in [2.75, 3.05) is 6.26 Å². The minimum atomic E-state index is -0.0878. The van der Waals surface area contributed by atoms with E-state index in [0.717, 1.165) is 18.6 Å². The Bertz CT molecular complexity index is 428. The molecule has 0 saturated heterocycles. The number of nitrogens with one attached hydrogen (secondary N) is 1. The molecule has 18 heavy (non-hydrogen) atoms. The summed E-state index contributed by atoms with van der Waals surface area (Å²) in [5.74, 6) is 1.55. The molecule has 4 heteroatoms. The molecule has 1 unspecified atom stereocenters. The molecule has 0 amide bonds. The van der Waals surface area contributed by atoms with Crippen molar-refractivity contribution in [1.29, 1.82) is 0 Å². The van der Waals surface area contributed by atoms with Gasteiger partial charge in [0, 0.05) is 18.9 Å². The van der Waals surface area contributed by atoms with Gasteiger partial charge in [-0.05, 0) is 41.1 Å². The molecule has 1 fully saturated rings. The summed E-state index contributed by atoms with van der Waals surface area (Å²) in [6.07, 6.45) is 4.53. The number of benzene rings is 1. The molecular weight excluding hydrogens is 262 g/mol. The molecule has 1 N–H and O–H groups in total. The predicted octanol–water partition coefficient (Wildman–Crippen LogP) is 2.93. The van der Waals surface area contributed by atoms with E-state index in [0.29, 0.717) is 18.1 Å². The zero-order valence-corrected chi connectivity index (χ0v) is 12.8. The van der Waals surface area contributed by atoms with E-state index in [9.17, 15) is 0 Å². The lowest BCUT2D eigenvalue weighted by Gasteiger charge is -2.35. The third-order valence-electron chi connectivity index (χ3n) is 3.25. The Kier molecular flexibility index (Phi) is 4.76. The molecule has 0 radical (unpaired) electrons. The first-order chi connectivity index (χ1) is 8.54. The summed E-state index contributed by atoms with van der Waals surface area (Å²) in [6, 6.07) is 8.98. The molecule has 2 rings (SSSR count). The fourth-order valence-corrected chi connectivity index (χ4v) is 3.20. The van der Waals surface area contributed by atoms with Crippen LogP contribution in [0, 0.1) is 0 Å². The monoisotopic (exact) mass is 283 g/mol. The highest BCUT2D eigenvalue weighted by atomic mass is 32.8. The summed E-state index contributed by atoms with van der Waals surface area (Å²) in [6.45, 7) is 4.41. The van der Waals surface area contributed by atoms with Gasteiger partial charge in [-0.3, -0.25) is 4.72 Å². The Labute approximate surface area is 117 Å². The van der Waals surface area contributed by atoms with Crippen LogP contribution in [0.5, 0.6) is 5.75 Å². The normalized spacial score (nSPS) is 24.7. The van der Waals surface area contributed by atoms with Gasteiger partial charge in [0.2, 0.25) is 0 Å². The van der Waals surface area contributed by atoms with E-state index in [2.05, 4.69) is 36.8 Å². The van der Waals surface area contributed by atoms with Crippen LogP contribution in [-0.2, 0) is 20.8 Å². The Morgan fingerprint density at radius 1 is 1.39 bits per heavy atom. The lowest BCUT2D eigenvalue weighted by molar-refractivity contribution is 0.0954. The van der Waals surface area contributed by atoms with E-state index in [1.54, 1.807) is 0 Å². The molecule has 100 valence electrons. The van der Waals surface area contributed by atoms with Gasteiger partial charge in [0.1, 0.15) is 11.9 Å². The molecule has 1 aromatic carbocycles. The van der Waals surface area contributed by atoms with Crippen LogP contribution in [0.4, 0.5) is 0 Å². The standard InChI is InChI=1S/C14H21NOS2/c1-10(2)11-5-4-6-13(7-11)16-14-8-12(9-14)15-18(3)17/h4-7,10,12,14-15H,8-9H2,1-3H3/t12-,14-,18?. The molecular formula is C14H21NOS2. The highest BCUT2D eigenvalue weighted by Crippen LogP contribution is 2.27. The average molecular weight is 283 g/mol. The van der Waals surface area contributed by atoms with Crippen LogP contribution < -0.4 is 9.46 Å². The number of rotatable bonds is 5. The zero-order chi connectivity index (χ0) is 13.1. The molecule has 1 atom stereocenters. The average Bonchev–Trinajstić information content (AvgIpc) is 2.26. The van der Waals surface area contributed by atoms with Crippen molar-refractivity contribution >= 4 is 20.8 Å². The van der Waals surface area contributed by atoms with Crippen LogP contribution in [0.25, 0.3) is 0 Å². The van der Waals surface area contributed by atoms with E-state index in [1.165, 1.54) is 5.56 Å². The number of ether oxygens (including phenoxy) is 1. The van der Waals surface area contributed by atoms with Crippen molar-refractivity contribution in [3.8, 4) is 5.75 Å². The van der Waals surface area contributed by atoms with Gasteiger partial charge in [0.15, 0.2) is 0 Å². The minimum absolute atomic E-state index is 0.0878. The van der Waals surface area contributed by atoms with E-state index >= 15 is 0 Å². The van der Waals surface area contributed by atoms with Gasteiger partial charge in [-0.15, -0.1) is 0 Å². The summed E-state index contributed by atoms with van der Waals surface area (Å²) in [5.41, 5.74) is 1.34. The van der Waals surface area contributed by atoms with Crippen molar-refractivity contribution in [2.45, 2.75) is 44.8 Å². The quantitative estimate of drug-likeness (QED) is 0.898. The Morgan fingerprint density at radius 3 is 2.72 bits per heavy atom. The smallest absolute Gasteiger partial charge is 0.120 e. The Balaban J connectivity index is 1.85. The van der Waals surface area contributed by atoms with E-state index in [-0.39, 0.29) is 9.64 Å². The highest BCUT2D eigenvalue weighted by Gasteiger charge is 2.30. The van der Waals surface area contributed by atoms with E-state index in [4.69, 9.17) is 15.9 Å². The maximum Gasteiger partial charge on any atom is 0.120 e. The first kappa shape index (κ1) is 14.0. The second-order valence-electron chi connectivity index (χ2n) is 5.21. The van der Waals surface area contributed by atoms with Crippen molar-refractivity contribution in [3.63, 3.8) is 0 Å². The number of hydrogen-bond donors (Lipinski definition) is 1. The molecule has 0 spiro atoms. The van der Waals surface area contributed by atoms with Gasteiger partial charge in [-0.1, -0.05) is 35.6 Å². The van der Waals surface area contributed by atoms with Crippen LogP contribution in [0.3, 0.4) is 0 Å². The summed E-state index contributed by atoms with van der Waals surface area (Å²) in [5, 5.41) is 0. The topological polar surface area (TPSA) is 21.3 Å². The maximum atomic E-state index is 5.98. The van der Waals surface area contributed by atoms with Crippen LogP contribution in [-0.4, -0.2) is 18.4 Å². The maximum absolute atomic E-state index is 5.98. The van der Waals surface area contributed by atoms with Crippen molar-refractivity contribution in [2.24, 2.45) is 0 Å². The van der Waals surface area contributed by atoms with Crippen LogP contribution >= 0.6 is 0 Å². The van der Waals surface area contributed by atoms with E-state index < -0.39 is 0 Å². The second kappa shape index (κ2) is 6.13. The van der Waals surface area contributed by atoms with Crippen molar-refractivity contribution < 1.29 is 4.74 Å².